The maximum atomic E-state index is 12.9. The summed E-state index contributed by atoms with van der Waals surface area (Å²) in [4.78, 5) is 12.9. The fraction of sp³-hybridized carbons (Fsp3) is 0.829. The molecule has 1 amide bonds. The molecule has 0 aromatic carbocycles. The predicted molar refractivity (Wildman–Crippen MR) is 204 cm³/mol. The number of hydrogen-bond acceptors (Lipinski definition) is 9. The lowest BCUT2D eigenvalue weighted by molar-refractivity contribution is -0.302. The van der Waals surface area contributed by atoms with E-state index in [9.17, 15) is 35.4 Å². The molecular formula is C41H75NO9. The molecule has 0 aliphatic carbocycles. The Morgan fingerprint density at radius 3 is 1.71 bits per heavy atom. The van der Waals surface area contributed by atoms with Gasteiger partial charge < -0.3 is 45.4 Å². The van der Waals surface area contributed by atoms with Gasteiger partial charge in [-0.15, -0.1) is 0 Å². The Labute approximate surface area is 309 Å². The minimum atomic E-state index is -1.62. The molecule has 0 aromatic rings. The second kappa shape index (κ2) is 31.9. The van der Waals surface area contributed by atoms with E-state index in [2.05, 4.69) is 43.5 Å². The molecule has 7 N–H and O–H groups in total. The molecule has 298 valence electrons. The average Bonchev–Trinajstić information content (AvgIpc) is 3.13. The van der Waals surface area contributed by atoms with Gasteiger partial charge in [-0.3, -0.25) is 4.79 Å². The molecule has 1 saturated heterocycles. The number of unbranched alkanes of at least 4 members (excludes halogenated alkanes) is 17. The van der Waals surface area contributed by atoms with E-state index in [0.29, 0.717) is 19.3 Å². The first kappa shape index (κ1) is 47.4. The Hall–Kier alpha value is -1.63. The zero-order valence-electron chi connectivity index (χ0n) is 32.0. The fourth-order valence-corrected chi connectivity index (χ4v) is 6.13. The van der Waals surface area contributed by atoms with Crippen LogP contribution in [0.5, 0.6) is 0 Å². The minimum Gasteiger partial charge on any atom is -0.394 e. The SMILES string of the molecule is CCCCCC/C=C/CC/C=C/CC/C=C/C(O)C(COC1OC(CO)C(O)C(O)C1O)NC(=O)C(O)CCCCCCCCCCCCCC. The van der Waals surface area contributed by atoms with Crippen molar-refractivity contribution >= 4 is 5.91 Å². The van der Waals surface area contributed by atoms with E-state index >= 15 is 0 Å². The van der Waals surface area contributed by atoms with E-state index in [4.69, 9.17) is 9.47 Å². The summed E-state index contributed by atoms with van der Waals surface area (Å²) in [5.41, 5.74) is 0. The molecule has 1 aliphatic rings. The Morgan fingerprint density at radius 1 is 0.667 bits per heavy atom. The molecule has 1 rings (SSSR count). The summed E-state index contributed by atoms with van der Waals surface area (Å²) in [6.45, 7) is 3.52. The molecule has 51 heavy (non-hydrogen) atoms. The van der Waals surface area contributed by atoms with E-state index in [1.165, 1.54) is 77.0 Å². The van der Waals surface area contributed by atoms with Crippen molar-refractivity contribution < 1.29 is 44.9 Å². The van der Waals surface area contributed by atoms with Crippen LogP contribution in [0.15, 0.2) is 36.5 Å². The molecule has 0 radical (unpaired) electrons. The monoisotopic (exact) mass is 726 g/mol. The van der Waals surface area contributed by atoms with Crippen molar-refractivity contribution in [2.75, 3.05) is 13.2 Å². The summed E-state index contributed by atoms with van der Waals surface area (Å²) in [5.74, 6) is -0.633. The quantitative estimate of drug-likeness (QED) is 0.0311. The molecule has 0 aromatic heterocycles. The maximum Gasteiger partial charge on any atom is 0.249 e. The van der Waals surface area contributed by atoms with Gasteiger partial charge in [0.05, 0.1) is 25.4 Å². The highest BCUT2D eigenvalue weighted by Crippen LogP contribution is 2.22. The molecule has 10 heteroatoms. The summed E-state index contributed by atoms with van der Waals surface area (Å²) in [6.07, 6.45) is 26.6. The van der Waals surface area contributed by atoms with Crippen LogP contribution >= 0.6 is 0 Å². The first-order valence-electron chi connectivity index (χ1n) is 20.3. The molecule has 8 unspecified atom stereocenters. The smallest absolute Gasteiger partial charge is 0.249 e. The van der Waals surface area contributed by atoms with Crippen LogP contribution in [0, 0.1) is 0 Å². The number of carbonyl (C=O) groups excluding carboxylic acids is 1. The van der Waals surface area contributed by atoms with Gasteiger partial charge in [-0.1, -0.05) is 147 Å². The molecule has 1 fully saturated rings. The van der Waals surface area contributed by atoms with E-state index in [-0.39, 0.29) is 6.61 Å². The summed E-state index contributed by atoms with van der Waals surface area (Å²) >= 11 is 0. The number of nitrogens with one attached hydrogen (secondary N) is 1. The number of rotatable bonds is 32. The largest absolute Gasteiger partial charge is 0.394 e. The first-order chi connectivity index (χ1) is 24.8. The van der Waals surface area contributed by atoms with Crippen molar-refractivity contribution in [1.29, 1.82) is 0 Å². The highest BCUT2D eigenvalue weighted by Gasteiger charge is 2.44. The van der Waals surface area contributed by atoms with Crippen LogP contribution in [0.1, 0.15) is 155 Å². The van der Waals surface area contributed by atoms with Crippen molar-refractivity contribution in [2.45, 2.75) is 204 Å². The molecule has 0 spiro atoms. The van der Waals surface area contributed by atoms with Crippen LogP contribution in [0.3, 0.4) is 0 Å². The zero-order valence-corrected chi connectivity index (χ0v) is 32.0. The molecule has 1 heterocycles. The van der Waals surface area contributed by atoms with Crippen LogP contribution in [-0.4, -0.2) is 98.7 Å². The van der Waals surface area contributed by atoms with Gasteiger partial charge >= 0.3 is 0 Å². The normalized spacial score (nSPS) is 23.0. The molecular weight excluding hydrogens is 650 g/mol. The summed E-state index contributed by atoms with van der Waals surface area (Å²) in [5, 5.41) is 64.3. The number of ether oxygens (including phenoxy) is 2. The predicted octanol–water partition coefficient (Wildman–Crippen LogP) is 6.30. The fourth-order valence-electron chi connectivity index (χ4n) is 6.13. The Bertz CT molecular complexity index is 912. The number of amides is 1. The van der Waals surface area contributed by atoms with Crippen LogP contribution in [0.2, 0.25) is 0 Å². The van der Waals surface area contributed by atoms with Gasteiger partial charge in [-0.05, 0) is 44.9 Å². The molecule has 1 aliphatic heterocycles. The Kier molecular flexibility index (Phi) is 29.6. The van der Waals surface area contributed by atoms with Crippen LogP contribution < -0.4 is 5.32 Å². The van der Waals surface area contributed by atoms with E-state index in [0.717, 1.165) is 44.9 Å². The molecule has 0 bridgehead atoms. The van der Waals surface area contributed by atoms with Gasteiger partial charge in [-0.2, -0.15) is 0 Å². The first-order valence-corrected chi connectivity index (χ1v) is 20.3. The number of allylic oxidation sites excluding steroid dienone is 5. The maximum absolute atomic E-state index is 12.9. The second-order valence-corrected chi connectivity index (χ2v) is 14.2. The minimum absolute atomic E-state index is 0.302. The van der Waals surface area contributed by atoms with E-state index in [1.807, 2.05) is 6.08 Å². The Morgan fingerprint density at radius 2 is 1.16 bits per heavy atom. The molecule has 10 nitrogen and oxygen atoms in total. The zero-order chi connectivity index (χ0) is 37.5. The van der Waals surface area contributed by atoms with Crippen molar-refractivity contribution in [2.24, 2.45) is 0 Å². The molecule has 8 atom stereocenters. The van der Waals surface area contributed by atoms with Crippen molar-refractivity contribution in [1.82, 2.24) is 5.32 Å². The number of carbonyl (C=O) groups is 1. The van der Waals surface area contributed by atoms with E-state index in [1.54, 1.807) is 6.08 Å². The van der Waals surface area contributed by atoms with Crippen molar-refractivity contribution in [3.8, 4) is 0 Å². The van der Waals surface area contributed by atoms with Crippen LogP contribution in [0.25, 0.3) is 0 Å². The van der Waals surface area contributed by atoms with Crippen LogP contribution in [0.4, 0.5) is 0 Å². The third-order valence-corrected chi connectivity index (χ3v) is 9.55. The summed E-state index contributed by atoms with van der Waals surface area (Å²) < 4.78 is 11.1. The lowest BCUT2D eigenvalue weighted by Crippen LogP contribution is -2.60. The van der Waals surface area contributed by atoms with Gasteiger partial charge in [0.1, 0.15) is 30.5 Å². The van der Waals surface area contributed by atoms with E-state index < -0.39 is 61.5 Å². The average molecular weight is 726 g/mol. The number of aliphatic hydroxyl groups is 6. The van der Waals surface area contributed by atoms with Gasteiger partial charge in [0.25, 0.3) is 0 Å². The van der Waals surface area contributed by atoms with Gasteiger partial charge in [-0.25, -0.2) is 0 Å². The van der Waals surface area contributed by atoms with Gasteiger partial charge in [0.2, 0.25) is 5.91 Å². The number of aliphatic hydroxyl groups excluding tert-OH is 6. The van der Waals surface area contributed by atoms with Crippen molar-refractivity contribution in [3.05, 3.63) is 36.5 Å². The lowest BCUT2D eigenvalue weighted by Gasteiger charge is -2.40. The third kappa shape index (κ3) is 22.9. The number of hydrogen-bond donors (Lipinski definition) is 7. The topological polar surface area (TPSA) is 169 Å². The third-order valence-electron chi connectivity index (χ3n) is 9.55. The van der Waals surface area contributed by atoms with Crippen LogP contribution in [-0.2, 0) is 14.3 Å². The standard InChI is InChI=1S/C41H75NO9/c1-3-5-7-9-11-13-15-17-18-20-21-23-25-27-29-34(44)33(32-50-41-39(48)38(47)37(46)36(31-43)51-41)42-40(49)35(45)30-28-26-24-22-19-16-14-12-10-8-6-4-2/h13,15,20-21,27,29,33-39,41,43-48H,3-12,14,16-19,22-26,28,30-32H2,1-2H3,(H,42,49)/b15-13+,21-20+,29-27+. The lowest BCUT2D eigenvalue weighted by atomic mass is 9.99. The summed E-state index contributed by atoms with van der Waals surface area (Å²) in [7, 11) is 0. The highest BCUT2D eigenvalue weighted by atomic mass is 16.7. The van der Waals surface area contributed by atoms with Gasteiger partial charge in [0.15, 0.2) is 6.29 Å². The Balaban J connectivity index is 2.55. The second-order valence-electron chi connectivity index (χ2n) is 14.2. The van der Waals surface area contributed by atoms with Gasteiger partial charge in [0, 0.05) is 0 Å². The van der Waals surface area contributed by atoms with Crippen molar-refractivity contribution in [3.63, 3.8) is 0 Å². The molecule has 0 saturated carbocycles. The summed E-state index contributed by atoms with van der Waals surface area (Å²) in [6, 6.07) is -0.998. The highest BCUT2D eigenvalue weighted by molar-refractivity contribution is 5.80.